The molecule has 0 saturated heterocycles. The third kappa shape index (κ3) is 3.56. The van der Waals surface area contributed by atoms with Crippen LogP contribution in [0.5, 0.6) is 5.75 Å². The Morgan fingerprint density at radius 2 is 1.67 bits per heavy atom. The standard InChI is InChI=1S/C24H20N2O4/c1-3-30-23(28)24(21(18(14-25)15-26)16-7-5-4-6-8-16)13-20(24)22(27)17-9-11-19(29-2)12-10-17/h4-12,20H,3,13H2,1-2H3/t20-,24+/m0/s1. The van der Waals surface area contributed by atoms with E-state index in [1.54, 1.807) is 61.5 Å². The van der Waals surface area contributed by atoms with Crippen molar-refractivity contribution in [1.82, 2.24) is 0 Å². The van der Waals surface area contributed by atoms with Gasteiger partial charge in [-0.3, -0.25) is 9.59 Å². The molecule has 150 valence electrons. The van der Waals surface area contributed by atoms with Crippen LogP contribution in [0.3, 0.4) is 0 Å². The summed E-state index contributed by atoms with van der Waals surface area (Å²) in [7, 11) is 1.53. The van der Waals surface area contributed by atoms with E-state index >= 15 is 0 Å². The monoisotopic (exact) mass is 400 g/mol. The van der Waals surface area contributed by atoms with Crippen LogP contribution in [0, 0.1) is 34.0 Å². The maximum Gasteiger partial charge on any atom is 0.317 e. The van der Waals surface area contributed by atoms with Crippen molar-refractivity contribution in [2.24, 2.45) is 11.3 Å². The maximum absolute atomic E-state index is 13.2. The number of allylic oxidation sites excluding steroid dienone is 1. The van der Waals surface area contributed by atoms with Crippen molar-refractivity contribution in [3.63, 3.8) is 0 Å². The first-order valence-corrected chi connectivity index (χ1v) is 9.49. The van der Waals surface area contributed by atoms with Crippen LogP contribution in [0.25, 0.3) is 5.57 Å². The second kappa shape index (κ2) is 8.63. The first-order valence-electron chi connectivity index (χ1n) is 9.49. The number of carbonyl (C=O) groups is 2. The van der Waals surface area contributed by atoms with Gasteiger partial charge in [-0.15, -0.1) is 0 Å². The molecule has 0 heterocycles. The summed E-state index contributed by atoms with van der Waals surface area (Å²) in [6.45, 7) is 1.80. The van der Waals surface area contributed by atoms with Gasteiger partial charge in [0.2, 0.25) is 0 Å². The van der Waals surface area contributed by atoms with Gasteiger partial charge in [-0.2, -0.15) is 10.5 Å². The van der Waals surface area contributed by atoms with Gasteiger partial charge in [-0.25, -0.2) is 0 Å². The number of ketones is 1. The summed E-state index contributed by atoms with van der Waals surface area (Å²) in [4.78, 5) is 26.3. The quantitative estimate of drug-likeness (QED) is 0.396. The molecule has 6 heteroatoms. The molecule has 1 fully saturated rings. The number of esters is 1. The molecule has 0 aliphatic heterocycles. The van der Waals surface area contributed by atoms with E-state index in [4.69, 9.17) is 9.47 Å². The van der Waals surface area contributed by atoms with Gasteiger partial charge in [-0.1, -0.05) is 30.3 Å². The Kier molecular flexibility index (Phi) is 5.99. The van der Waals surface area contributed by atoms with Crippen LogP contribution in [0.15, 0.2) is 60.2 Å². The number of Topliss-reactive ketones (excluding diaryl/α,β-unsaturated/α-hetero) is 1. The highest BCUT2D eigenvalue weighted by molar-refractivity contribution is 6.11. The number of nitrogens with zero attached hydrogens (tertiary/aromatic N) is 2. The molecule has 2 atom stereocenters. The van der Waals surface area contributed by atoms with E-state index in [0.29, 0.717) is 16.9 Å². The summed E-state index contributed by atoms with van der Waals surface area (Å²) in [6, 6.07) is 19.1. The average molecular weight is 400 g/mol. The van der Waals surface area contributed by atoms with Crippen LogP contribution in [0.1, 0.15) is 29.3 Å². The first-order chi connectivity index (χ1) is 14.5. The highest BCUT2D eigenvalue weighted by Gasteiger charge is 2.67. The Balaban J connectivity index is 2.12. The van der Waals surface area contributed by atoms with Crippen molar-refractivity contribution in [3.05, 3.63) is 71.3 Å². The molecule has 2 aromatic rings. The average Bonchev–Trinajstić information content (AvgIpc) is 3.54. The van der Waals surface area contributed by atoms with E-state index in [2.05, 4.69) is 0 Å². The number of hydrogen-bond acceptors (Lipinski definition) is 6. The lowest BCUT2D eigenvalue weighted by molar-refractivity contribution is -0.147. The van der Waals surface area contributed by atoms with Gasteiger partial charge in [0, 0.05) is 17.1 Å². The lowest BCUT2D eigenvalue weighted by Gasteiger charge is -2.20. The van der Waals surface area contributed by atoms with Crippen molar-refractivity contribution in [1.29, 1.82) is 10.5 Å². The summed E-state index contributed by atoms with van der Waals surface area (Å²) < 4.78 is 10.4. The smallest absolute Gasteiger partial charge is 0.317 e. The highest BCUT2D eigenvalue weighted by Crippen LogP contribution is 2.63. The van der Waals surface area contributed by atoms with Crippen molar-refractivity contribution in [2.75, 3.05) is 13.7 Å². The molecule has 3 rings (SSSR count). The molecular weight excluding hydrogens is 380 g/mol. The number of ether oxygens (including phenoxy) is 2. The zero-order valence-electron chi connectivity index (χ0n) is 16.7. The molecule has 0 unspecified atom stereocenters. The van der Waals surface area contributed by atoms with Gasteiger partial charge >= 0.3 is 5.97 Å². The summed E-state index contributed by atoms with van der Waals surface area (Å²) in [6.07, 6.45) is 0.174. The van der Waals surface area contributed by atoms with Gasteiger partial charge in [0.05, 0.1) is 13.7 Å². The zero-order chi connectivity index (χ0) is 21.7. The molecule has 2 aromatic carbocycles. The molecule has 0 spiro atoms. The van der Waals surface area contributed by atoms with Gasteiger partial charge in [0.25, 0.3) is 0 Å². The number of nitriles is 2. The number of hydrogen-bond donors (Lipinski definition) is 0. The number of rotatable bonds is 7. The van der Waals surface area contributed by atoms with E-state index in [1.165, 1.54) is 7.11 Å². The predicted molar refractivity (Wildman–Crippen MR) is 109 cm³/mol. The molecule has 0 aromatic heterocycles. The maximum atomic E-state index is 13.2. The highest BCUT2D eigenvalue weighted by atomic mass is 16.5. The molecular formula is C24H20N2O4. The van der Waals surface area contributed by atoms with E-state index in [0.717, 1.165) is 0 Å². The molecule has 1 aliphatic rings. The fourth-order valence-electron chi connectivity index (χ4n) is 3.77. The Hall–Kier alpha value is -3.90. The van der Waals surface area contributed by atoms with E-state index in [1.807, 2.05) is 12.1 Å². The van der Waals surface area contributed by atoms with Crippen molar-refractivity contribution in [2.45, 2.75) is 13.3 Å². The second-order valence-corrected chi connectivity index (χ2v) is 6.88. The van der Waals surface area contributed by atoms with Gasteiger partial charge in [0.1, 0.15) is 28.9 Å². The van der Waals surface area contributed by atoms with Gasteiger partial charge in [0.15, 0.2) is 5.78 Å². The van der Waals surface area contributed by atoms with Crippen molar-refractivity contribution in [3.8, 4) is 17.9 Å². The summed E-state index contributed by atoms with van der Waals surface area (Å²) in [5.74, 6) is -0.954. The summed E-state index contributed by atoms with van der Waals surface area (Å²) in [5, 5.41) is 19.2. The third-order valence-electron chi connectivity index (χ3n) is 5.27. The van der Waals surface area contributed by atoms with Crippen LogP contribution >= 0.6 is 0 Å². The largest absolute Gasteiger partial charge is 0.497 e. The van der Waals surface area contributed by atoms with Crippen LogP contribution < -0.4 is 4.74 Å². The molecule has 1 saturated carbocycles. The van der Waals surface area contributed by atoms with E-state index in [-0.39, 0.29) is 30.0 Å². The number of carbonyl (C=O) groups excluding carboxylic acids is 2. The summed E-state index contributed by atoms with van der Waals surface area (Å²) in [5.41, 5.74) is -0.337. The Labute approximate surface area is 175 Å². The first kappa shape index (κ1) is 20.8. The van der Waals surface area contributed by atoms with Crippen molar-refractivity contribution < 1.29 is 19.1 Å². The number of benzene rings is 2. The molecule has 30 heavy (non-hydrogen) atoms. The van der Waals surface area contributed by atoms with Crippen molar-refractivity contribution >= 4 is 17.3 Å². The third-order valence-corrected chi connectivity index (χ3v) is 5.27. The normalized spacial score (nSPS) is 19.0. The predicted octanol–water partition coefficient (Wildman–Crippen LogP) is 3.95. The minimum absolute atomic E-state index is 0.126. The number of methoxy groups -OCH3 is 1. The zero-order valence-corrected chi connectivity index (χ0v) is 16.7. The molecule has 0 bridgehead atoms. The minimum atomic E-state index is -1.37. The van der Waals surface area contributed by atoms with E-state index in [9.17, 15) is 20.1 Å². The van der Waals surface area contributed by atoms with E-state index < -0.39 is 17.3 Å². The van der Waals surface area contributed by atoms with Gasteiger partial charge in [-0.05, 0) is 43.2 Å². The fourth-order valence-corrected chi connectivity index (χ4v) is 3.77. The topological polar surface area (TPSA) is 100 Å². The van der Waals surface area contributed by atoms with Crippen LogP contribution in [0.2, 0.25) is 0 Å². The summed E-state index contributed by atoms with van der Waals surface area (Å²) >= 11 is 0. The molecule has 6 nitrogen and oxygen atoms in total. The lowest BCUT2D eigenvalue weighted by Crippen LogP contribution is -2.26. The molecule has 0 N–H and O–H groups in total. The lowest BCUT2D eigenvalue weighted by atomic mass is 9.83. The van der Waals surface area contributed by atoms with Gasteiger partial charge < -0.3 is 9.47 Å². The Morgan fingerprint density at radius 3 is 2.20 bits per heavy atom. The fraction of sp³-hybridized carbons (Fsp3) is 0.250. The molecule has 1 aliphatic carbocycles. The van der Waals surface area contributed by atoms with Crippen LogP contribution in [-0.4, -0.2) is 25.5 Å². The SMILES string of the molecule is CCOC(=O)[C@]1(C(=C(C#N)C#N)c2ccccc2)C[C@H]1C(=O)c1ccc(OC)cc1. The van der Waals surface area contributed by atoms with Crippen LogP contribution in [-0.2, 0) is 9.53 Å². The minimum Gasteiger partial charge on any atom is -0.497 e. The van der Waals surface area contributed by atoms with Crippen LogP contribution in [0.4, 0.5) is 0 Å². The second-order valence-electron chi connectivity index (χ2n) is 6.88. The Bertz CT molecular complexity index is 1060. The molecule has 0 radical (unpaired) electrons. The Morgan fingerprint density at radius 1 is 1.03 bits per heavy atom. The molecule has 0 amide bonds.